The van der Waals surface area contributed by atoms with Crippen LogP contribution in [-0.2, 0) is 4.79 Å². The van der Waals surface area contributed by atoms with Crippen LogP contribution < -0.4 is 15.6 Å². The minimum atomic E-state index is -0.517. The molecule has 7 nitrogen and oxygen atoms in total. The van der Waals surface area contributed by atoms with Crippen LogP contribution in [0, 0.1) is 3.57 Å². The van der Waals surface area contributed by atoms with E-state index in [1.165, 1.54) is 6.20 Å². The second kappa shape index (κ2) is 8.28. The lowest BCUT2D eigenvalue weighted by Gasteiger charge is -2.12. The van der Waals surface area contributed by atoms with E-state index in [0.29, 0.717) is 21.9 Å². The van der Waals surface area contributed by atoms with Crippen LogP contribution in [0.5, 0.6) is 5.75 Å². The molecule has 26 heavy (non-hydrogen) atoms. The first-order valence-electron chi connectivity index (χ1n) is 7.41. The Hall–Kier alpha value is -2.46. The van der Waals surface area contributed by atoms with Crippen LogP contribution in [0.3, 0.4) is 0 Å². The maximum absolute atomic E-state index is 12.0. The molecule has 2 aromatic heterocycles. The summed E-state index contributed by atoms with van der Waals surface area (Å²) in [7, 11) is 0. The van der Waals surface area contributed by atoms with Gasteiger partial charge in [0.25, 0.3) is 11.8 Å². The molecular formula is C17H12ClIN4O3. The summed E-state index contributed by atoms with van der Waals surface area (Å²) in [4.78, 5) is 31.9. The Morgan fingerprint density at radius 3 is 2.77 bits per heavy atom. The second-order valence-corrected chi connectivity index (χ2v) is 6.67. The molecule has 0 aliphatic heterocycles. The number of aromatic nitrogens is 2. The van der Waals surface area contributed by atoms with Crippen LogP contribution in [0.15, 0.2) is 48.9 Å². The first kappa shape index (κ1) is 18.3. The third kappa shape index (κ3) is 4.20. The zero-order valence-electron chi connectivity index (χ0n) is 13.2. The zero-order chi connectivity index (χ0) is 18.5. The van der Waals surface area contributed by atoms with Crippen molar-refractivity contribution in [3.05, 3.63) is 63.1 Å². The molecule has 0 aliphatic carbocycles. The Morgan fingerprint density at radius 1 is 1.19 bits per heavy atom. The maximum atomic E-state index is 12.0. The normalized spacial score (nSPS) is 10.4. The van der Waals surface area contributed by atoms with Gasteiger partial charge in [-0.1, -0.05) is 11.6 Å². The third-order valence-electron chi connectivity index (χ3n) is 3.34. The number of hydrogen-bond acceptors (Lipinski definition) is 5. The number of carbonyl (C=O) groups excluding carboxylic acids is 2. The van der Waals surface area contributed by atoms with Crippen molar-refractivity contribution >= 4 is 56.9 Å². The number of ether oxygens (including phenoxy) is 1. The van der Waals surface area contributed by atoms with E-state index in [1.807, 2.05) is 6.07 Å². The number of fused-ring (bicyclic) bond motifs is 1. The topological polar surface area (TPSA) is 93.2 Å². The van der Waals surface area contributed by atoms with Crippen molar-refractivity contribution < 1.29 is 14.3 Å². The Morgan fingerprint density at radius 2 is 2.00 bits per heavy atom. The lowest BCUT2D eigenvalue weighted by molar-refractivity contribution is -0.123. The van der Waals surface area contributed by atoms with E-state index in [-0.39, 0.29) is 6.61 Å². The molecule has 3 rings (SSSR count). The van der Waals surface area contributed by atoms with Gasteiger partial charge in [-0.15, -0.1) is 0 Å². The Kier molecular flexibility index (Phi) is 5.84. The first-order valence-corrected chi connectivity index (χ1v) is 8.86. The van der Waals surface area contributed by atoms with Crippen molar-refractivity contribution in [2.75, 3.05) is 6.61 Å². The number of nitrogens with zero attached hydrogens (tertiary/aromatic N) is 2. The quantitative estimate of drug-likeness (QED) is 0.441. The fourth-order valence-electron chi connectivity index (χ4n) is 2.15. The maximum Gasteiger partial charge on any atom is 0.276 e. The zero-order valence-corrected chi connectivity index (χ0v) is 16.1. The van der Waals surface area contributed by atoms with E-state index >= 15 is 0 Å². The average Bonchev–Trinajstić information content (AvgIpc) is 2.66. The van der Waals surface area contributed by atoms with E-state index in [9.17, 15) is 9.59 Å². The SMILES string of the molecule is O=C(COc1c(I)cc(Cl)c2cccnc12)NNC(=O)c1cccnc1. The van der Waals surface area contributed by atoms with Gasteiger partial charge in [0.1, 0.15) is 5.52 Å². The Balaban J connectivity index is 1.63. The van der Waals surface area contributed by atoms with E-state index in [2.05, 4.69) is 43.4 Å². The summed E-state index contributed by atoms with van der Waals surface area (Å²) in [6.45, 7) is -0.295. The predicted molar refractivity (Wildman–Crippen MR) is 105 cm³/mol. The van der Waals surface area contributed by atoms with Gasteiger partial charge in [-0.05, 0) is 52.9 Å². The molecule has 9 heteroatoms. The fourth-order valence-corrected chi connectivity index (χ4v) is 3.32. The summed E-state index contributed by atoms with van der Waals surface area (Å²) in [6.07, 6.45) is 4.57. The molecule has 0 aliphatic rings. The molecule has 0 fully saturated rings. The highest BCUT2D eigenvalue weighted by Crippen LogP contribution is 2.34. The van der Waals surface area contributed by atoms with Crippen LogP contribution in [0.4, 0.5) is 0 Å². The van der Waals surface area contributed by atoms with Crippen LogP contribution in [0.2, 0.25) is 5.02 Å². The lowest BCUT2D eigenvalue weighted by Crippen LogP contribution is -2.43. The van der Waals surface area contributed by atoms with Gasteiger partial charge in [0, 0.05) is 24.0 Å². The highest BCUT2D eigenvalue weighted by atomic mass is 127. The number of pyridine rings is 2. The third-order valence-corrected chi connectivity index (χ3v) is 4.45. The summed E-state index contributed by atoms with van der Waals surface area (Å²) in [5.41, 5.74) is 5.48. The largest absolute Gasteiger partial charge is 0.480 e. The molecule has 0 atom stereocenters. The molecule has 3 aromatic rings. The van der Waals surface area contributed by atoms with Crippen LogP contribution >= 0.6 is 34.2 Å². The van der Waals surface area contributed by atoms with Crippen molar-refractivity contribution in [3.8, 4) is 5.75 Å². The molecule has 0 saturated heterocycles. The molecule has 0 unspecified atom stereocenters. The van der Waals surface area contributed by atoms with Crippen LogP contribution in [0.1, 0.15) is 10.4 Å². The molecule has 0 bridgehead atoms. The number of amides is 2. The number of hydrogen-bond donors (Lipinski definition) is 2. The predicted octanol–water partition coefficient (Wildman–Crippen LogP) is 2.73. The molecule has 1 aromatic carbocycles. The van der Waals surface area contributed by atoms with Crippen molar-refractivity contribution in [2.24, 2.45) is 0 Å². The standard InChI is InChI=1S/C17H12ClIN4O3/c18-12-7-13(19)16(15-11(12)4-2-6-21-15)26-9-14(24)22-23-17(25)10-3-1-5-20-8-10/h1-8H,9H2,(H,22,24)(H,23,25). The molecule has 132 valence electrons. The number of carbonyl (C=O) groups is 2. The smallest absolute Gasteiger partial charge is 0.276 e. The fraction of sp³-hybridized carbons (Fsp3) is 0.0588. The molecule has 0 spiro atoms. The summed E-state index contributed by atoms with van der Waals surface area (Å²) in [5, 5.41) is 1.29. The van der Waals surface area contributed by atoms with Gasteiger partial charge in [-0.2, -0.15) is 0 Å². The van der Waals surface area contributed by atoms with Gasteiger partial charge in [-0.25, -0.2) is 0 Å². The van der Waals surface area contributed by atoms with Crippen molar-refractivity contribution in [2.45, 2.75) is 0 Å². The summed E-state index contributed by atoms with van der Waals surface area (Å²) in [6, 6.07) is 8.54. The summed E-state index contributed by atoms with van der Waals surface area (Å²) in [5.74, 6) is -0.531. The van der Waals surface area contributed by atoms with E-state index in [0.717, 1.165) is 8.96 Å². The molecule has 2 heterocycles. The number of hydrazine groups is 1. The molecule has 2 N–H and O–H groups in total. The summed E-state index contributed by atoms with van der Waals surface area (Å²) >= 11 is 8.27. The van der Waals surface area contributed by atoms with Gasteiger partial charge in [0.05, 0.1) is 14.2 Å². The molecule has 0 saturated carbocycles. The molecule has 0 radical (unpaired) electrons. The van der Waals surface area contributed by atoms with Crippen molar-refractivity contribution in [3.63, 3.8) is 0 Å². The molecule has 2 amide bonds. The van der Waals surface area contributed by atoms with Gasteiger partial charge in [-0.3, -0.25) is 30.4 Å². The van der Waals surface area contributed by atoms with Gasteiger partial charge in [0.15, 0.2) is 12.4 Å². The second-order valence-electron chi connectivity index (χ2n) is 5.10. The Labute approximate surface area is 167 Å². The monoisotopic (exact) mass is 482 g/mol. The minimum absolute atomic E-state index is 0.295. The number of nitrogens with one attached hydrogen (secondary N) is 2. The van der Waals surface area contributed by atoms with E-state index in [1.54, 1.807) is 36.7 Å². The van der Waals surface area contributed by atoms with E-state index in [4.69, 9.17) is 16.3 Å². The Bertz CT molecular complexity index is 969. The van der Waals surface area contributed by atoms with Gasteiger partial charge in [0.2, 0.25) is 0 Å². The molecular weight excluding hydrogens is 471 g/mol. The highest BCUT2D eigenvalue weighted by molar-refractivity contribution is 14.1. The number of benzene rings is 1. The van der Waals surface area contributed by atoms with Crippen molar-refractivity contribution in [1.29, 1.82) is 0 Å². The first-order chi connectivity index (χ1) is 12.6. The minimum Gasteiger partial charge on any atom is -0.480 e. The average molecular weight is 483 g/mol. The lowest BCUT2D eigenvalue weighted by atomic mass is 10.2. The van der Waals surface area contributed by atoms with Gasteiger partial charge < -0.3 is 4.74 Å². The van der Waals surface area contributed by atoms with Crippen LogP contribution in [-0.4, -0.2) is 28.4 Å². The highest BCUT2D eigenvalue weighted by Gasteiger charge is 2.14. The van der Waals surface area contributed by atoms with E-state index < -0.39 is 11.8 Å². The van der Waals surface area contributed by atoms with Gasteiger partial charge >= 0.3 is 0 Å². The number of rotatable bonds is 4. The van der Waals surface area contributed by atoms with Crippen LogP contribution in [0.25, 0.3) is 10.9 Å². The summed E-state index contributed by atoms with van der Waals surface area (Å²) < 4.78 is 6.33. The van der Waals surface area contributed by atoms with Crippen molar-refractivity contribution in [1.82, 2.24) is 20.8 Å². The number of halogens is 2.